The first kappa shape index (κ1) is 26.0. The first-order chi connectivity index (χ1) is 18.1. The van der Waals surface area contributed by atoms with E-state index in [1.165, 1.54) is 0 Å². The van der Waals surface area contributed by atoms with Crippen LogP contribution in [0.15, 0.2) is 72.8 Å². The van der Waals surface area contributed by atoms with Gasteiger partial charge in [0.2, 0.25) is 5.91 Å². The van der Waals surface area contributed by atoms with Gasteiger partial charge in [-0.1, -0.05) is 68.4 Å². The fourth-order valence-corrected chi connectivity index (χ4v) is 6.19. The number of nitrogens with zero attached hydrogens (tertiary/aromatic N) is 2. The van der Waals surface area contributed by atoms with Gasteiger partial charge in [0.1, 0.15) is 5.60 Å². The van der Waals surface area contributed by atoms with Crippen LogP contribution in [0.25, 0.3) is 11.1 Å². The van der Waals surface area contributed by atoms with Crippen LogP contribution in [-0.2, 0) is 21.6 Å². The van der Waals surface area contributed by atoms with Gasteiger partial charge in [-0.3, -0.25) is 9.69 Å². The molecule has 5 rings (SSSR count). The van der Waals surface area contributed by atoms with Crippen LogP contribution >= 0.6 is 0 Å². The number of carbonyl (C=O) groups excluding carboxylic acids is 2. The number of benzene rings is 3. The number of hydrogen-bond acceptors (Lipinski definition) is 4. The van der Waals surface area contributed by atoms with Crippen molar-refractivity contribution < 1.29 is 19.4 Å². The summed E-state index contributed by atoms with van der Waals surface area (Å²) < 4.78 is 5.77. The average molecular weight is 513 g/mol. The topological polar surface area (TPSA) is 70.1 Å². The van der Waals surface area contributed by atoms with E-state index in [4.69, 9.17) is 4.74 Å². The van der Waals surface area contributed by atoms with Gasteiger partial charge in [0.05, 0.1) is 23.8 Å². The zero-order valence-electron chi connectivity index (χ0n) is 22.8. The van der Waals surface area contributed by atoms with Crippen LogP contribution in [0.4, 0.5) is 16.2 Å². The van der Waals surface area contributed by atoms with Crippen molar-refractivity contribution in [3.8, 4) is 11.1 Å². The van der Waals surface area contributed by atoms with E-state index in [9.17, 15) is 14.7 Å². The fraction of sp³-hybridized carbons (Fsp3) is 0.375. The Kier molecular flexibility index (Phi) is 6.56. The molecule has 2 aliphatic rings. The number of amides is 2. The quantitative estimate of drug-likeness (QED) is 0.438. The highest BCUT2D eigenvalue weighted by atomic mass is 16.6. The normalized spacial score (nSPS) is 20.9. The first-order valence-electron chi connectivity index (χ1n) is 13.3. The molecule has 0 unspecified atom stereocenters. The Morgan fingerprint density at radius 3 is 2.39 bits per heavy atom. The van der Waals surface area contributed by atoms with Gasteiger partial charge in [0.15, 0.2) is 0 Å². The second kappa shape index (κ2) is 9.59. The molecule has 0 radical (unpaired) electrons. The van der Waals surface area contributed by atoms with Crippen molar-refractivity contribution in [2.45, 2.75) is 64.7 Å². The Balaban J connectivity index is 1.58. The summed E-state index contributed by atoms with van der Waals surface area (Å²) in [6, 6.07) is 23.4. The van der Waals surface area contributed by atoms with E-state index in [1.807, 2.05) is 98.5 Å². The van der Waals surface area contributed by atoms with Crippen molar-refractivity contribution in [1.82, 2.24) is 4.90 Å². The molecule has 6 nitrogen and oxygen atoms in total. The zero-order valence-corrected chi connectivity index (χ0v) is 22.8. The Morgan fingerprint density at radius 2 is 1.74 bits per heavy atom. The Morgan fingerprint density at radius 1 is 1.03 bits per heavy atom. The monoisotopic (exact) mass is 512 g/mol. The number of ether oxygens (including phenoxy) is 1. The summed E-state index contributed by atoms with van der Waals surface area (Å²) >= 11 is 0. The summed E-state index contributed by atoms with van der Waals surface area (Å²) in [5.74, 6) is 0.0367. The van der Waals surface area contributed by atoms with Crippen LogP contribution in [0, 0.1) is 5.92 Å². The average Bonchev–Trinajstić information content (AvgIpc) is 3.41. The van der Waals surface area contributed by atoms with Crippen molar-refractivity contribution in [3.05, 3.63) is 83.9 Å². The fourth-order valence-electron chi connectivity index (χ4n) is 6.19. The molecule has 2 amide bonds. The molecule has 0 aliphatic carbocycles. The smallest absolute Gasteiger partial charge is 0.410 e. The van der Waals surface area contributed by atoms with Crippen LogP contribution in [0.2, 0.25) is 0 Å². The maximum Gasteiger partial charge on any atom is 0.410 e. The number of aliphatic hydroxyl groups is 1. The molecular weight excluding hydrogens is 476 g/mol. The van der Waals surface area contributed by atoms with E-state index in [0.29, 0.717) is 13.0 Å². The summed E-state index contributed by atoms with van der Waals surface area (Å²) in [7, 11) is 0. The van der Waals surface area contributed by atoms with E-state index in [-0.39, 0.29) is 30.6 Å². The molecule has 2 aliphatic heterocycles. The molecule has 6 heteroatoms. The summed E-state index contributed by atoms with van der Waals surface area (Å²) in [4.78, 5) is 31.5. The number of anilines is 2. The van der Waals surface area contributed by atoms with E-state index >= 15 is 0 Å². The molecule has 198 valence electrons. The maximum absolute atomic E-state index is 14.6. The van der Waals surface area contributed by atoms with Crippen LogP contribution in [0.3, 0.4) is 0 Å². The molecule has 1 spiro atoms. The number of para-hydroxylation sites is 1. The minimum absolute atomic E-state index is 0.00119. The predicted molar refractivity (Wildman–Crippen MR) is 149 cm³/mol. The third kappa shape index (κ3) is 4.27. The van der Waals surface area contributed by atoms with Gasteiger partial charge in [-0.2, -0.15) is 0 Å². The van der Waals surface area contributed by atoms with Gasteiger partial charge in [0, 0.05) is 12.2 Å². The van der Waals surface area contributed by atoms with E-state index < -0.39 is 11.0 Å². The SMILES string of the molecule is CC(C)[C@@H]1N(C(=O)OC(C)(C)C)CC[C@@]12C(=O)N(c1cccc(-c3ccc(CO)cc3)c1)c1ccccc12. The Bertz CT molecular complexity index is 1360. The van der Waals surface area contributed by atoms with E-state index in [1.54, 1.807) is 4.90 Å². The number of likely N-dealkylation sites (tertiary alicyclic amines) is 1. The minimum atomic E-state index is -0.847. The standard InChI is InChI=1S/C32H36N2O4/c1-21(2)28-32(17-18-33(28)30(37)38-31(3,4)5)26-11-6-7-12-27(26)34(29(32)36)25-10-8-9-24(19-25)23-15-13-22(20-35)14-16-23/h6-16,19,21,28,35H,17-18,20H2,1-5H3/t28-,32-/m0/s1. The predicted octanol–water partition coefficient (Wildman–Crippen LogP) is 6.43. The van der Waals surface area contributed by atoms with Gasteiger partial charge in [-0.05, 0) is 73.6 Å². The molecule has 0 saturated carbocycles. The van der Waals surface area contributed by atoms with Gasteiger partial charge in [-0.25, -0.2) is 4.79 Å². The Labute approximate surface area is 224 Å². The molecule has 0 aromatic heterocycles. The molecule has 38 heavy (non-hydrogen) atoms. The van der Waals surface area contributed by atoms with Crippen molar-refractivity contribution >= 4 is 23.4 Å². The number of hydrogen-bond donors (Lipinski definition) is 1. The highest BCUT2D eigenvalue weighted by molar-refractivity contribution is 6.14. The van der Waals surface area contributed by atoms with Crippen molar-refractivity contribution in [1.29, 1.82) is 0 Å². The lowest BCUT2D eigenvalue weighted by Crippen LogP contribution is -2.53. The van der Waals surface area contributed by atoms with Crippen molar-refractivity contribution in [2.24, 2.45) is 5.92 Å². The molecule has 3 aromatic rings. The van der Waals surface area contributed by atoms with Crippen molar-refractivity contribution in [2.75, 3.05) is 11.4 Å². The van der Waals surface area contributed by atoms with Gasteiger partial charge in [-0.15, -0.1) is 0 Å². The number of rotatable bonds is 4. The highest BCUT2D eigenvalue weighted by Gasteiger charge is 2.62. The molecule has 1 fully saturated rings. The molecule has 2 atom stereocenters. The van der Waals surface area contributed by atoms with Crippen molar-refractivity contribution in [3.63, 3.8) is 0 Å². The third-order valence-electron chi connectivity index (χ3n) is 7.63. The molecule has 3 aromatic carbocycles. The van der Waals surface area contributed by atoms with Crippen LogP contribution in [0.5, 0.6) is 0 Å². The minimum Gasteiger partial charge on any atom is -0.444 e. The van der Waals surface area contributed by atoms with E-state index in [0.717, 1.165) is 33.6 Å². The Hall–Kier alpha value is -3.64. The molecule has 1 N–H and O–H groups in total. The van der Waals surface area contributed by atoms with Gasteiger partial charge >= 0.3 is 6.09 Å². The third-order valence-corrected chi connectivity index (χ3v) is 7.63. The second-order valence-corrected chi connectivity index (χ2v) is 11.6. The molecule has 0 bridgehead atoms. The lowest BCUT2D eigenvalue weighted by Gasteiger charge is -2.37. The summed E-state index contributed by atoms with van der Waals surface area (Å²) in [6.45, 7) is 10.2. The highest BCUT2D eigenvalue weighted by Crippen LogP contribution is 2.54. The summed E-state index contributed by atoms with van der Waals surface area (Å²) in [6.07, 6.45) is 0.175. The van der Waals surface area contributed by atoms with E-state index in [2.05, 4.69) is 13.8 Å². The first-order valence-corrected chi connectivity index (χ1v) is 13.3. The lowest BCUT2D eigenvalue weighted by atomic mass is 9.71. The zero-order chi connectivity index (χ0) is 27.2. The van der Waals surface area contributed by atoms with Gasteiger partial charge < -0.3 is 14.7 Å². The molecule has 1 saturated heterocycles. The maximum atomic E-state index is 14.6. The molecule has 2 heterocycles. The largest absolute Gasteiger partial charge is 0.444 e. The van der Waals surface area contributed by atoms with Crippen LogP contribution in [0.1, 0.15) is 52.2 Å². The number of fused-ring (bicyclic) bond motifs is 2. The molecular formula is C32H36N2O4. The number of aliphatic hydroxyl groups excluding tert-OH is 1. The summed E-state index contributed by atoms with van der Waals surface area (Å²) in [5.41, 5.74) is 4.01. The lowest BCUT2D eigenvalue weighted by molar-refractivity contribution is -0.123. The van der Waals surface area contributed by atoms with Crippen LogP contribution in [-0.4, -0.2) is 40.2 Å². The number of carbonyl (C=O) groups is 2. The second-order valence-electron chi connectivity index (χ2n) is 11.6. The summed E-state index contributed by atoms with van der Waals surface area (Å²) in [5, 5.41) is 9.40. The van der Waals surface area contributed by atoms with Gasteiger partial charge in [0.25, 0.3) is 0 Å². The van der Waals surface area contributed by atoms with Crippen LogP contribution < -0.4 is 4.90 Å².